The molecule has 3 atom stereocenters. The molecule has 0 amide bonds. The Labute approximate surface area is 132 Å². The number of hydrogen-bond acceptors (Lipinski definition) is 5. The van der Waals surface area contributed by atoms with Crippen molar-refractivity contribution in [1.82, 2.24) is 4.90 Å². The fourth-order valence-corrected chi connectivity index (χ4v) is 2.95. The Balaban J connectivity index is 0. The molecule has 0 aromatic heterocycles. The van der Waals surface area contributed by atoms with Crippen LogP contribution >= 0.6 is 24.8 Å². The highest BCUT2D eigenvalue weighted by atomic mass is 35.5. The largest absolute Gasteiger partial charge is 0.480 e. The van der Waals surface area contributed by atoms with Gasteiger partial charge in [0.05, 0.1) is 0 Å². The van der Waals surface area contributed by atoms with Crippen molar-refractivity contribution in [1.29, 1.82) is 0 Å². The van der Waals surface area contributed by atoms with Crippen molar-refractivity contribution < 1.29 is 19.9 Å². The third-order valence-corrected chi connectivity index (χ3v) is 3.92. The normalized spacial score (nSPS) is 29.3. The van der Waals surface area contributed by atoms with Gasteiger partial charge in [-0.1, -0.05) is 6.42 Å². The van der Waals surface area contributed by atoms with Crippen molar-refractivity contribution in [2.24, 2.45) is 11.7 Å². The molecule has 120 valence electrons. The third-order valence-electron chi connectivity index (χ3n) is 3.92. The van der Waals surface area contributed by atoms with Crippen molar-refractivity contribution in [3.63, 3.8) is 0 Å². The number of aliphatic carboxylic acids is 1. The van der Waals surface area contributed by atoms with Gasteiger partial charge >= 0.3 is 13.1 Å². The van der Waals surface area contributed by atoms with Crippen LogP contribution in [0.15, 0.2) is 0 Å². The monoisotopic (exact) mass is 330 g/mol. The standard InChI is InChI=1S/C11H23BN2O4.2ClH/c1-14(2)9-4-3-8(5-6-12(17)18)7-11(9,13)10(15)16;;/h8-9,17-18H,3-7,13H2,1-2H3,(H,15,16);2*1H. The average molecular weight is 331 g/mol. The number of carbonyl (C=O) groups is 1. The summed E-state index contributed by atoms with van der Waals surface area (Å²) >= 11 is 0. The van der Waals surface area contributed by atoms with E-state index in [1.807, 2.05) is 19.0 Å². The van der Waals surface area contributed by atoms with Gasteiger partial charge in [-0.2, -0.15) is 0 Å². The minimum absolute atomic E-state index is 0. The average Bonchev–Trinajstić information content (AvgIpc) is 2.25. The number of rotatable bonds is 5. The SMILES string of the molecule is CN(C)C1CCC(CCB(O)O)CC1(N)C(=O)O.Cl.Cl. The first kappa shape index (κ1) is 22.2. The zero-order chi connectivity index (χ0) is 13.9. The Bertz CT molecular complexity index is 310. The maximum Gasteiger partial charge on any atom is 0.451 e. The van der Waals surface area contributed by atoms with E-state index in [0.717, 1.165) is 12.8 Å². The van der Waals surface area contributed by atoms with Crippen molar-refractivity contribution >= 4 is 37.9 Å². The van der Waals surface area contributed by atoms with Crippen LogP contribution in [-0.4, -0.2) is 58.8 Å². The second-order valence-electron chi connectivity index (χ2n) is 5.53. The van der Waals surface area contributed by atoms with Gasteiger partial charge in [0.1, 0.15) is 5.54 Å². The predicted molar refractivity (Wildman–Crippen MR) is 83.5 cm³/mol. The minimum atomic E-state index is -1.33. The summed E-state index contributed by atoms with van der Waals surface area (Å²) in [6.45, 7) is 0. The van der Waals surface area contributed by atoms with Crippen LogP contribution in [0.5, 0.6) is 0 Å². The van der Waals surface area contributed by atoms with Crippen LogP contribution in [0.25, 0.3) is 0 Å². The summed E-state index contributed by atoms with van der Waals surface area (Å²) in [4.78, 5) is 13.3. The molecule has 0 heterocycles. The fourth-order valence-electron chi connectivity index (χ4n) is 2.95. The molecule has 1 aliphatic rings. The maximum absolute atomic E-state index is 11.4. The molecule has 1 saturated carbocycles. The Morgan fingerprint density at radius 2 is 1.90 bits per heavy atom. The van der Waals surface area contributed by atoms with Crippen molar-refractivity contribution in [3.8, 4) is 0 Å². The van der Waals surface area contributed by atoms with Crippen LogP contribution in [0, 0.1) is 5.92 Å². The highest BCUT2D eigenvalue weighted by Gasteiger charge is 2.47. The lowest BCUT2D eigenvalue weighted by molar-refractivity contribution is -0.148. The van der Waals surface area contributed by atoms with Crippen LogP contribution in [0.1, 0.15) is 25.7 Å². The van der Waals surface area contributed by atoms with E-state index in [1.54, 1.807) is 0 Å². The van der Waals surface area contributed by atoms with Crippen molar-refractivity contribution in [2.75, 3.05) is 14.1 Å². The number of likely N-dealkylation sites (N-methyl/N-ethyl adjacent to an activating group) is 1. The molecule has 6 nitrogen and oxygen atoms in total. The molecule has 5 N–H and O–H groups in total. The zero-order valence-corrected chi connectivity index (χ0v) is 13.5. The molecule has 1 fully saturated rings. The number of nitrogens with zero attached hydrogens (tertiary/aromatic N) is 1. The first-order chi connectivity index (χ1) is 8.27. The van der Waals surface area contributed by atoms with Crippen LogP contribution in [0.4, 0.5) is 0 Å². The summed E-state index contributed by atoms with van der Waals surface area (Å²) in [5.41, 5.74) is 4.83. The molecule has 9 heteroatoms. The van der Waals surface area contributed by atoms with E-state index in [4.69, 9.17) is 15.8 Å². The van der Waals surface area contributed by atoms with Gasteiger partial charge in [0.2, 0.25) is 0 Å². The molecule has 0 bridgehead atoms. The highest BCUT2D eigenvalue weighted by Crippen LogP contribution is 2.36. The summed E-state index contributed by atoms with van der Waals surface area (Å²) < 4.78 is 0. The summed E-state index contributed by atoms with van der Waals surface area (Å²) in [5.74, 6) is -0.834. The van der Waals surface area contributed by atoms with E-state index in [0.29, 0.717) is 12.8 Å². The molecule has 1 rings (SSSR count). The van der Waals surface area contributed by atoms with Gasteiger partial charge in [0, 0.05) is 6.04 Å². The van der Waals surface area contributed by atoms with E-state index in [-0.39, 0.29) is 43.1 Å². The van der Waals surface area contributed by atoms with Gasteiger partial charge in [-0.3, -0.25) is 4.79 Å². The first-order valence-electron chi connectivity index (χ1n) is 6.32. The van der Waals surface area contributed by atoms with Crippen LogP contribution in [0.2, 0.25) is 6.32 Å². The van der Waals surface area contributed by atoms with Gasteiger partial charge in [-0.05, 0) is 45.6 Å². The second kappa shape index (κ2) is 9.07. The van der Waals surface area contributed by atoms with Crippen molar-refractivity contribution in [3.05, 3.63) is 0 Å². The van der Waals surface area contributed by atoms with E-state index in [2.05, 4.69) is 0 Å². The molecule has 0 aromatic carbocycles. The summed E-state index contributed by atoms with van der Waals surface area (Å²) in [6.07, 6.45) is 2.86. The molecule has 1 aliphatic carbocycles. The highest BCUT2D eigenvalue weighted by molar-refractivity contribution is 6.40. The van der Waals surface area contributed by atoms with Gasteiger partial charge in [0.25, 0.3) is 0 Å². The van der Waals surface area contributed by atoms with E-state index in [1.165, 1.54) is 0 Å². The number of carboxylic acids is 1. The van der Waals surface area contributed by atoms with Crippen LogP contribution < -0.4 is 5.73 Å². The molecule has 0 saturated heterocycles. The lowest BCUT2D eigenvalue weighted by Crippen LogP contribution is -2.64. The summed E-state index contributed by atoms with van der Waals surface area (Å²) in [5, 5.41) is 27.1. The Morgan fingerprint density at radius 1 is 1.35 bits per heavy atom. The smallest absolute Gasteiger partial charge is 0.451 e. The molecule has 20 heavy (non-hydrogen) atoms. The lowest BCUT2D eigenvalue weighted by Gasteiger charge is -2.44. The fraction of sp³-hybridized carbons (Fsp3) is 0.909. The predicted octanol–water partition coefficient (Wildman–Crippen LogP) is 0.205. The van der Waals surface area contributed by atoms with Crippen LogP contribution in [-0.2, 0) is 4.79 Å². The molecule has 0 radical (unpaired) electrons. The molecular formula is C11H25BCl2N2O4. The summed E-state index contributed by atoms with van der Waals surface area (Å²) in [6, 6.07) is -0.176. The second-order valence-corrected chi connectivity index (χ2v) is 5.53. The van der Waals surface area contributed by atoms with Gasteiger partial charge in [-0.25, -0.2) is 0 Å². The molecule has 0 aliphatic heterocycles. The van der Waals surface area contributed by atoms with Gasteiger partial charge in [0.15, 0.2) is 0 Å². The van der Waals surface area contributed by atoms with Crippen LogP contribution in [0.3, 0.4) is 0 Å². The van der Waals surface area contributed by atoms with E-state index < -0.39 is 18.6 Å². The third kappa shape index (κ3) is 5.39. The van der Waals surface area contributed by atoms with Gasteiger partial charge in [-0.15, -0.1) is 24.8 Å². The maximum atomic E-state index is 11.4. The Kier molecular flexibility index (Phi) is 10.1. The molecular weight excluding hydrogens is 306 g/mol. The quantitative estimate of drug-likeness (QED) is 0.537. The minimum Gasteiger partial charge on any atom is -0.480 e. The molecule has 3 unspecified atom stereocenters. The Morgan fingerprint density at radius 3 is 2.30 bits per heavy atom. The number of hydrogen-bond donors (Lipinski definition) is 4. The van der Waals surface area contributed by atoms with E-state index >= 15 is 0 Å². The molecule has 0 aromatic rings. The number of halogens is 2. The topological polar surface area (TPSA) is 107 Å². The number of nitrogens with two attached hydrogens (primary N) is 1. The Hall–Kier alpha value is -0.0451. The van der Waals surface area contributed by atoms with Gasteiger partial charge < -0.3 is 25.8 Å². The first-order valence-corrected chi connectivity index (χ1v) is 6.32. The van der Waals surface area contributed by atoms with E-state index in [9.17, 15) is 9.90 Å². The lowest BCUT2D eigenvalue weighted by atomic mass is 9.68. The summed E-state index contributed by atoms with van der Waals surface area (Å²) in [7, 11) is 2.36. The zero-order valence-electron chi connectivity index (χ0n) is 11.9. The molecule has 0 spiro atoms. The number of carboxylic acid groups (broad SMARTS) is 1. The van der Waals surface area contributed by atoms with Crippen molar-refractivity contribution in [2.45, 2.75) is 43.6 Å².